The lowest BCUT2D eigenvalue weighted by atomic mass is 10.1. The lowest BCUT2D eigenvalue weighted by Gasteiger charge is -2.00. The molecule has 0 bridgehead atoms. The summed E-state index contributed by atoms with van der Waals surface area (Å²) in [5.74, 6) is 0.0720. The Morgan fingerprint density at radius 1 is 1.26 bits per heavy atom. The predicted molar refractivity (Wildman–Crippen MR) is 81.9 cm³/mol. The van der Waals surface area contributed by atoms with Gasteiger partial charge in [0.2, 0.25) is 5.91 Å². The van der Waals surface area contributed by atoms with E-state index in [1.807, 2.05) is 6.92 Å². The number of carbonyl (C=O) groups excluding carboxylic acids is 1. The van der Waals surface area contributed by atoms with Gasteiger partial charge in [0.25, 0.3) is 0 Å². The summed E-state index contributed by atoms with van der Waals surface area (Å²) in [6, 6.07) is 4.17. The molecule has 1 N–H and O–H groups in total. The van der Waals surface area contributed by atoms with Crippen LogP contribution in [0, 0.1) is 13.8 Å². The van der Waals surface area contributed by atoms with Gasteiger partial charge in [-0.2, -0.15) is 0 Å². The van der Waals surface area contributed by atoms with Crippen LogP contribution in [0.3, 0.4) is 0 Å². The van der Waals surface area contributed by atoms with E-state index in [1.54, 1.807) is 11.3 Å². The Morgan fingerprint density at radius 3 is 2.68 bits per heavy atom. The molecule has 0 aliphatic rings. The number of aryl methyl sites for hydroxylation is 2. The third kappa shape index (κ3) is 3.32. The minimum absolute atomic E-state index is 0.0720. The molecular formula is C15H20N2OS. The fourth-order valence-corrected chi connectivity index (χ4v) is 3.06. The highest BCUT2D eigenvalue weighted by Gasteiger charge is 2.10. The van der Waals surface area contributed by atoms with Gasteiger partial charge in [-0.25, -0.2) is 4.98 Å². The second-order valence-electron chi connectivity index (χ2n) is 4.90. The molecule has 4 heteroatoms. The van der Waals surface area contributed by atoms with Gasteiger partial charge in [0.15, 0.2) is 5.13 Å². The maximum Gasteiger partial charge on any atom is 0.226 e. The number of rotatable bonds is 5. The van der Waals surface area contributed by atoms with Crippen molar-refractivity contribution in [2.75, 3.05) is 5.32 Å². The summed E-state index contributed by atoms with van der Waals surface area (Å²) in [6.45, 7) is 6.26. The number of unbranched alkanes of at least 4 members (excludes halogenated alkanes) is 2. The zero-order chi connectivity index (χ0) is 13.8. The summed E-state index contributed by atoms with van der Waals surface area (Å²) in [5, 5.41) is 3.63. The van der Waals surface area contributed by atoms with Crippen LogP contribution in [0.2, 0.25) is 0 Å². The van der Waals surface area contributed by atoms with Crippen LogP contribution < -0.4 is 5.32 Å². The van der Waals surface area contributed by atoms with E-state index in [4.69, 9.17) is 0 Å². The fourth-order valence-electron chi connectivity index (χ4n) is 2.03. The molecule has 0 spiro atoms. The first-order valence-corrected chi connectivity index (χ1v) is 7.60. The monoisotopic (exact) mass is 276 g/mol. The van der Waals surface area contributed by atoms with E-state index >= 15 is 0 Å². The number of amides is 1. The van der Waals surface area contributed by atoms with Crippen LogP contribution in [0.15, 0.2) is 12.1 Å². The Balaban J connectivity index is 2.11. The summed E-state index contributed by atoms with van der Waals surface area (Å²) in [7, 11) is 0. The summed E-state index contributed by atoms with van der Waals surface area (Å²) >= 11 is 1.56. The van der Waals surface area contributed by atoms with Gasteiger partial charge < -0.3 is 5.32 Å². The Morgan fingerprint density at radius 2 is 2.00 bits per heavy atom. The number of nitrogens with zero attached hydrogens (tertiary/aromatic N) is 1. The van der Waals surface area contributed by atoms with Gasteiger partial charge in [0, 0.05) is 6.42 Å². The summed E-state index contributed by atoms with van der Waals surface area (Å²) < 4.78 is 1.17. The molecule has 1 amide bonds. The molecule has 0 radical (unpaired) electrons. The largest absolute Gasteiger partial charge is 0.302 e. The van der Waals surface area contributed by atoms with Crippen LogP contribution in [0.4, 0.5) is 5.13 Å². The Hall–Kier alpha value is -1.42. The minimum atomic E-state index is 0.0720. The van der Waals surface area contributed by atoms with E-state index in [9.17, 15) is 4.79 Å². The van der Waals surface area contributed by atoms with Crippen molar-refractivity contribution in [1.82, 2.24) is 4.98 Å². The molecule has 0 saturated carbocycles. The average molecular weight is 276 g/mol. The van der Waals surface area contributed by atoms with Crippen molar-refractivity contribution in [3.8, 4) is 0 Å². The van der Waals surface area contributed by atoms with Crippen LogP contribution in [-0.2, 0) is 4.79 Å². The van der Waals surface area contributed by atoms with Crippen molar-refractivity contribution in [3.63, 3.8) is 0 Å². The number of benzene rings is 1. The van der Waals surface area contributed by atoms with Gasteiger partial charge in [-0.1, -0.05) is 43.2 Å². The first-order chi connectivity index (χ1) is 9.11. The molecule has 3 nitrogen and oxygen atoms in total. The van der Waals surface area contributed by atoms with Crippen molar-refractivity contribution in [2.45, 2.75) is 46.5 Å². The van der Waals surface area contributed by atoms with Gasteiger partial charge in [-0.15, -0.1) is 0 Å². The fraction of sp³-hybridized carbons (Fsp3) is 0.467. The molecule has 0 aliphatic heterocycles. The van der Waals surface area contributed by atoms with E-state index in [1.165, 1.54) is 10.3 Å². The Bertz CT molecular complexity index is 550. The van der Waals surface area contributed by atoms with E-state index < -0.39 is 0 Å². The lowest BCUT2D eigenvalue weighted by Crippen LogP contribution is -2.10. The van der Waals surface area contributed by atoms with Crippen molar-refractivity contribution in [2.24, 2.45) is 0 Å². The molecule has 1 aromatic carbocycles. The molecule has 0 atom stereocenters. The molecule has 2 aromatic rings. The number of hydrogen-bond donors (Lipinski definition) is 1. The summed E-state index contributed by atoms with van der Waals surface area (Å²) in [4.78, 5) is 16.3. The minimum Gasteiger partial charge on any atom is -0.302 e. The Kier molecular flexibility index (Phi) is 4.53. The molecule has 0 aliphatic carbocycles. The smallest absolute Gasteiger partial charge is 0.226 e. The zero-order valence-corrected chi connectivity index (χ0v) is 12.6. The maximum absolute atomic E-state index is 11.8. The van der Waals surface area contributed by atoms with Gasteiger partial charge in [-0.05, 0) is 31.4 Å². The molecule has 2 rings (SSSR count). The topological polar surface area (TPSA) is 42.0 Å². The number of anilines is 1. The number of nitrogens with one attached hydrogen (secondary N) is 1. The van der Waals surface area contributed by atoms with E-state index in [-0.39, 0.29) is 5.91 Å². The Labute approximate surface area is 118 Å². The SMILES string of the molecule is CCCCCC(=O)Nc1nc2c(C)ccc(C)c2s1. The lowest BCUT2D eigenvalue weighted by molar-refractivity contribution is -0.116. The maximum atomic E-state index is 11.8. The van der Waals surface area contributed by atoms with Crippen LogP contribution in [0.1, 0.15) is 43.7 Å². The van der Waals surface area contributed by atoms with Crippen LogP contribution in [0.25, 0.3) is 10.2 Å². The van der Waals surface area contributed by atoms with Crippen LogP contribution >= 0.6 is 11.3 Å². The van der Waals surface area contributed by atoms with Crippen molar-refractivity contribution >= 4 is 32.6 Å². The number of fused-ring (bicyclic) bond motifs is 1. The van der Waals surface area contributed by atoms with Crippen LogP contribution in [-0.4, -0.2) is 10.9 Å². The second kappa shape index (κ2) is 6.15. The number of aromatic nitrogens is 1. The summed E-state index contributed by atoms with van der Waals surface area (Å²) in [6.07, 6.45) is 3.77. The van der Waals surface area contributed by atoms with Crippen molar-refractivity contribution in [3.05, 3.63) is 23.3 Å². The molecular weight excluding hydrogens is 256 g/mol. The predicted octanol–water partition coefficient (Wildman–Crippen LogP) is 4.43. The van der Waals surface area contributed by atoms with E-state index in [0.29, 0.717) is 11.6 Å². The van der Waals surface area contributed by atoms with E-state index in [2.05, 4.69) is 36.3 Å². The van der Waals surface area contributed by atoms with Crippen molar-refractivity contribution in [1.29, 1.82) is 0 Å². The highest BCUT2D eigenvalue weighted by molar-refractivity contribution is 7.22. The standard InChI is InChI=1S/C15H20N2OS/c1-4-5-6-7-12(18)16-15-17-13-10(2)8-9-11(3)14(13)19-15/h8-9H,4-7H2,1-3H3,(H,16,17,18). The molecule has 0 fully saturated rings. The summed E-state index contributed by atoms with van der Waals surface area (Å²) in [5.41, 5.74) is 3.38. The van der Waals surface area contributed by atoms with Crippen LogP contribution in [0.5, 0.6) is 0 Å². The van der Waals surface area contributed by atoms with Gasteiger partial charge in [0.05, 0.1) is 10.2 Å². The quantitative estimate of drug-likeness (QED) is 0.821. The number of carbonyl (C=O) groups is 1. The second-order valence-corrected chi connectivity index (χ2v) is 5.90. The molecule has 1 aromatic heterocycles. The highest BCUT2D eigenvalue weighted by Crippen LogP contribution is 2.30. The van der Waals surface area contributed by atoms with Crippen molar-refractivity contribution < 1.29 is 4.79 Å². The third-order valence-electron chi connectivity index (χ3n) is 3.20. The zero-order valence-electron chi connectivity index (χ0n) is 11.7. The van der Waals surface area contributed by atoms with E-state index in [0.717, 1.165) is 30.3 Å². The first-order valence-electron chi connectivity index (χ1n) is 6.78. The molecule has 0 saturated heterocycles. The third-order valence-corrected chi connectivity index (χ3v) is 4.30. The van der Waals surface area contributed by atoms with Gasteiger partial charge >= 0.3 is 0 Å². The van der Waals surface area contributed by atoms with Gasteiger partial charge in [-0.3, -0.25) is 4.79 Å². The molecule has 1 heterocycles. The average Bonchev–Trinajstić information content (AvgIpc) is 2.79. The highest BCUT2D eigenvalue weighted by atomic mass is 32.1. The molecule has 0 unspecified atom stereocenters. The number of hydrogen-bond acceptors (Lipinski definition) is 3. The van der Waals surface area contributed by atoms with Gasteiger partial charge in [0.1, 0.15) is 0 Å². The number of thiazole rings is 1. The normalized spacial score (nSPS) is 10.9. The molecule has 102 valence electrons. The molecule has 19 heavy (non-hydrogen) atoms. The first kappa shape index (κ1) is 14.0.